The van der Waals surface area contributed by atoms with E-state index in [0.29, 0.717) is 24.8 Å². The monoisotopic (exact) mass is 396 g/mol. The molecule has 1 N–H and O–H groups in total. The lowest BCUT2D eigenvalue weighted by molar-refractivity contribution is 0.0939. The Bertz CT molecular complexity index is 1040. The molecule has 1 aliphatic rings. The second-order valence-electron chi connectivity index (χ2n) is 6.93. The van der Waals surface area contributed by atoms with Crippen molar-refractivity contribution in [2.75, 3.05) is 25.1 Å². The van der Waals surface area contributed by atoms with E-state index in [1.54, 1.807) is 17.1 Å². The second-order valence-corrected chi connectivity index (χ2v) is 6.93. The van der Waals surface area contributed by atoms with Crippen molar-refractivity contribution in [2.24, 2.45) is 7.05 Å². The number of nitrogens with zero attached hydrogens (tertiary/aromatic N) is 5. The first-order valence-electron chi connectivity index (χ1n) is 9.24. The number of halogens is 1. The summed E-state index contributed by atoms with van der Waals surface area (Å²) in [5.41, 5.74) is 1.94. The third-order valence-electron chi connectivity index (χ3n) is 4.82. The summed E-state index contributed by atoms with van der Waals surface area (Å²) in [7, 11) is 3.29. The van der Waals surface area contributed by atoms with Gasteiger partial charge in [0.2, 0.25) is 5.95 Å². The van der Waals surface area contributed by atoms with Crippen LogP contribution < -0.4 is 15.0 Å². The highest BCUT2D eigenvalue weighted by molar-refractivity contribution is 5.94. The maximum absolute atomic E-state index is 13.7. The lowest BCUT2D eigenvalue weighted by Gasteiger charge is -2.17. The molecule has 0 bridgehead atoms. The van der Waals surface area contributed by atoms with Gasteiger partial charge in [0.25, 0.3) is 5.91 Å². The average molecular weight is 396 g/mol. The van der Waals surface area contributed by atoms with Crippen LogP contribution in [0.4, 0.5) is 10.3 Å². The van der Waals surface area contributed by atoms with Gasteiger partial charge in [0, 0.05) is 55.8 Å². The number of carbonyl (C=O) groups excluding carboxylic acids is 1. The molecule has 1 aromatic carbocycles. The Labute approximate surface area is 167 Å². The highest BCUT2D eigenvalue weighted by Crippen LogP contribution is 2.22. The van der Waals surface area contributed by atoms with Crippen molar-refractivity contribution in [2.45, 2.75) is 12.5 Å². The summed E-state index contributed by atoms with van der Waals surface area (Å²) in [5.74, 6) is 0.0715. The van der Waals surface area contributed by atoms with Gasteiger partial charge in [-0.25, -0.2) is 14.4 Å². The fraction of sp³-hybridized carbons (Fsp3) is 0.300. The van der Waals surface area contributed by atoms with Crippen LogP contribution in [-0.4, -0.2) is 51.9 Å². The van der Waals surface area contributed by atoms with Crippen LogP contribution in [0.3, 0.4) is 0 Å². The number of aryl methyl sites for hydroxylation is 1. The number of hydrogen-bond donors (Lipinski definition) is 1. The molecular weight excluding hydrogens is 375 g/mol. The Hall–Kier alpha value is -3.49. The molecule has 0 aliphatic carbocycles. The van der Waals surface area contributed by atoms with Gasteiger partial charge < -0.3 is 15.0 Å². The van der Waals surface area contributed by atoms with Gasteiger partial charge in [0.05, 0.1) is 19.0 Å². The summed E-state index contributed by atoms with van der Waals surface area (Å²) in [6, 6.07) is 5.72. The first kappa shape index (κ1) is 18.9. The standard InChI is InChI=1S/C20H21FN6O2/c1-26-11-14(10-23-26)18-3-5-22-20(25-18)27-6-4-16(12-27)24-19(28)13-7-15(21)9-17(8-13)29-2/h3,5,7-11,16H,4,6,12H2,1-2H3,(H,24,28). The van der Waals surface area contributed by atoms with Gasteiger partial charge in [-0.1, -0.05) is 0 Å². The number of ether oxygens (including phenoxy) is 1. The van der Waals surface area contributed by atoms with Crippen LogP contribution in [0, 0.1) is 5.82 Å². The zero-order valence-electron chi connectivity index (χ0n) is 16.2. The van der Waals surface area contributed by atoms with Crippen molar-refractivity contribution in [3.63, 3.8) is 0 Å². The lowest BCUT2D eigenvalue weighted by atomic mass is 10.1. The molecule has 3 aromatic rings. The van der Waals surface area contributed by atoms with Crippen LogP contribution in [-0.2, 0) is 7.05 Å². The third kappa shape index (κ3) is 4.18. The summed E-state index contributed by atoms with van der Waals surface area (Å²) in [5, 5.41) is 7.12. The Kier molecular flexibility index (Phi) is 5.11. The molecule has 8 nitrogen and oxygen atoms in total. The molecule has 3 heterocycles. The quantitative estimate of drug-likeness (QED) is 0.710. The van der Waals surface area contributed by atoms with Crippen molar-refractivity contribution in [3.05, 3.63) is 54.2 Å². The van der Waals surface area contributed by atoms with Gasteiger partial charge in [-0.3, -0.25) is 9.48 Å². The van der Waals surface area contributed by atoms with Gasteiger partial charge in [-0.15, -0.1) is 0 Å². The van der Waals surface area contributed by atoms with Crippen LogP contribution in [0.15, 0.2) is 42.9 Å². The van der Waals surface area contributed by atoms with E-state index < -0.39 is 5.82 Å². The highest BCUT2D eigenvalue weighted by atomic mass is 19.1. The fourth-order valence-corrected chi connectivity index (χ4v) is 3.36. The molecular formula is C20H21FN6O2. The predicted molar refractivity (Wildman–Crippen MR) is 105 cm³/mol. The molecule has 29 heavy (non-hydrogen) atoms. The topological polar surface area (TPSA) is 85.2 Å². The summed E-state index contributed by atoms with van der Waals surface area (Å²) in [6.07, 6.45) is 6.12. The fourth-order valence-electron chi connectivity index (χ4n) is 3.36. The Morgan fingerprint density at radius 2 is 2.21 bits per heavy atom. The van der Waals surface area contributed by atoms with Crippen molar-refractivity contribution in [1.82, 2.24) is 25.1 Å². The minimum absolute atomic E-state index is 0.0811. The number of benzene rings is 1. The van der Waals surface area contributed by atoms with Crippen LogP contribution in [0.5, 0.6) is 5.75 Å². The first-order valence-corrected chi connectivity index (χ1v) is 9.24. The third-order valence-corrected chi connectivity index (χ3v) is 4.82. The number of rotatable bonds is 5. The van der Waals surface area contributed by atoms with E-state index in [4.69, 9.17) is 4.74 Å². The van der Waals surface area contributed by atoms with Gasteiger partial charge in [0.1, 0.15) is 11.6 Å². The minimum Gasteiger partial charge on any atom is -0.497 e. The van der Waals surface area contributed by atoms with Gasteiger partial charge in [0.15, 0.2) is 0 Å². The molecule has 2 aromatic heterocycles. The Morgan fingerprint density at radius 1 is 1.34 bits per heavy atom. The average Bonchev–Trinajstić information content (AvgIpc) is 3.36. The maximum atomic E-state index is 13.7. The van der Waals surface area contributed by atoms with Gasteiger partial charge in [-0.05, 0) is 24.6 Å². The van der Waals surface area contributed by atoms with E-state index in [9.17, 15) is 9.18 Å². The number of carbonyl (C=O) groups is 1. The predicted octanol–water partition coefficient (Wildman–Crippen LogP) is 2.03. The van der Waals surface area contributed by atoms with Crippen molar-refractivity contribution in [1.29, 1.82) is 0 Å². The normalized spacial score (nSPS) is 16.1. The van der Waals surface area contributed by atoms with E-state index >= 15 is 0 Å². The van der Waals surface area contributed by atoms with E-state index in [2.05, 4.69) is 20.4 Å². The van der Waals surface area contributed by atoms with Gasteiger partial charge in [-0.2, -0.15) is 5.10 Å². The second kappa shape index (κ2) is 7.86. The molecule has 1 saturated heterocycles. The lowest BCUT2D eigenvalue weighted by Crippen LogP contribution is -2.37. The summed E-state index contributed by atoms with van der Waals surface area (Å²) < 4.78 is 20.4. The SMILES string of the molecule is COc1cc(F)cc(C(=O)NC2CCN(c3nccc(-c4cnn(C)c4)n3)C2)c1. The van der Waals surface area contributed by atoms with Crippen molar-refractivity contribution in [3.8, 4) is 17.0 Å². The molecule has 1 fully saturated rings. The molecule has 1 aliphatic heterocycles. The molecule has 1 atom stereocenters. The van der Waals surface area contributed by atoms with Crippen LogP contribution in [0.1, 0.15) is 16.8 Å². The number of aromatic nitrogens is 4. The van der Waals surface area contributed by atoms with E-state index in [1.807, 2.05) is 24.2 Å². The highest BCUT2D eigenvalue weighted by Gasteiger charge is 2.26. The Morgan fingerprint density at radius 3 is 2.97 bits per heavy atom. The molecule has 0 saturated carbocycles. The molecule has 1 unspecified atom stereocenters. The molecule has 4 rings (SSSR count). The summed E-state index contributed by atoms with van der Waals surface area (Å²) in [4.78, 5) is 23.5. The van der Waals surface area contributed by atoms with Crippen LogP contribution >= 0.6 is 0 Å². The zero-order valence-corrected chi connectivity index (χ0v) is 16.2. The number of nitrogens with one attached hydrogen (secondary N) is 1. The number of hydrogen-bond acceptors (Lipinski definition) is 6. The largest absolute Gasteiger partial charge is 0.497 e. The summed E-state index contributed by atoms with van der Waals surface area (Å²) in [6.45, 7) is 1.29. The maximum Gasteiger partial charge on any atom is 0.251 e. The van der Waals surface area contributed by atoms with Crippen molar-refractivity contribution < 1.29 is 13.9 Å². The number of methoxy groups -OCH3 is 1. The molecule has 1 amide bonds. The minimum atomic E-state index is -0.511. The summed E-state index contributed by atoms with van der Waals surface area (Å²) >= 11 is 0. The molecule has 150 valence electrons. The van der Waals surface area contributed by atoms with Crippen LogP contribution in [0.25, 0.3) is 11.3 Å². The van der Waals surface area contributed by atoms with E-state index in [-0.39, 0.29) is 17.5 Å². The zero-order chi connectivity index (χ0) is 20.4. The van der Waals surface area contributed by atoms with Gasteiger partial charge >= 0.3 is 0 Å². The smallest absolute Gasteiger partial charge is 0.251 e. The molecule has 0 spiro atoms. The van der Waals surface area contributed by atoms with E-state index in [0.717, 1.165) is 17.7 Å². The first-order chi connectivity index (χ1) is 14.0. The van der Waals surface area contributed by atoms with Crippen molar-refractivity contribution >= 4 is 11.9 Å². The van der Waals surface area contributed by atoms with E-state index in [1.165, 1.54) is 25.3 Å². The Balaban J connectivity index is 1.43. The number of anilines is 1. The molecule has 9 heteroatoms. The number of amides is 1. The van der Waals surface area contributed by atoms with Crippen LogP contribution in [0.2, 0.25) is 0 Å². The molecule has 0 radical (unpaired) electrons.